The summed E-state index contributed by atoms with van der Waals surface area (Å²) in [6.07, 6.45) is 0. The molecule has 0 N–H and O–H groups in total. The summed E-state index contributed by atoms with van der Waals surface area (Å²) >= 11 is 0. The third-order valence-corrected chi connectivity index (χ3v) is 2.36. The van der Waals surface area contributed by atoms with Gasteiger partial charge in [-0.1, -0.05) is 6.58 Å². The van der Waals surface area contributed by atoms with E-state index in [1.807, 2.05) is 0 Å². The third-order valence-electron chi connectivity index (χ3n) is 0.785. The minimum Gasteiger partial charge on any atom is -0.223 e. The van der Waals surface area contributed by atoms with Crippen molar-refractivity contribution in [3.05, 3.63) is 11.5 Å². The average Bonchev–Trinajstić information content (AvgIpc) is 1.65. The Hall–Kier alpha value is -0.820. The fourth-order valence-corrected chi connectivity index (χ4v) is 0.625. The first-order chi connectivity index (χ1) is 4.00. The number of nitriles is 1. The standard InChI is InChI=1S/C5H7NO2S/c1-5(2)9(7,8)4-3-6/h1,4H2,2H3. The Morgan fingerprint density at radius 2 is 2.22 bits per heavy atom. The predicted octanol–water partition coefficient (Wildman–Crippen LogP) is 0.458. The molecule has 3 nitrogen and oxygen atoms in total. The lowest BCUT2D eigenvalue weighted by atomic mass is 10.8. The lowest BCUT2D eigenvalue weighted by Gasteiger charge is -1.92. The zero-order chi connectivity index (χ0) is 7.49. The van der Waals surface area contributed by atoms with Crippen molar-refractivity contribution in [3.63, 3.8) is 0 Å². The van der Waals surface area contributed by atoms with E-state index in [9.17, 15) is 8.42 Å². The highest BCUT2D eigenvalue weighted by Crippen LogP contribution is 2.00. The molecule has 0 amide bonds. The SMILES string of the molecule is C=C(C)S(=O)(=O)CC#N. The number of sulfone groups is 1. The summed E-state index contributed by atoms with van der Waals surface area (Å²) in [5, 5.41) is 7.98. The van der Waals surface area contributed by atoms with Gasteiger partial charge in [0.05, 0.1) is 6.07 Å². The third kappa shape index (κ3) is 2.29. The molecular weight excluding hydrogens is 138 g/mol. The van der Waals surface area contributed by atoms with Crippen LogP contribution in [0.3, 0.4) is 0 Å². The Morgan fingerprint density at radius 1 is 1.78 bits per heavy atom. The number of hydrogen-bond acceptors (Lipinski definition) is 3. The first-order valence-corrected chi connectivity index (χ1v) is 3.91. The lowest BCUT2D eigenvalue weighted by molar-refractivity contribution is 0.605. The highest BCUT2D eigenvalue weighted by Gasteiger charge is 2.08. The van der Waals surface area contributed by atoms with Crippen LogP contribution < -0.4 is 0 Å². The van der Waals surface area contributed by atoms with Crippen molar-refractivity contribution in [2.24, 2.45) is 0 Å². The van der Waals surface area contributed by atoms with Crippen LogP contribution in [-0.2, 0) is 9.84 Å². The van der Waals surface area contributed by atoms with E-state index in [1.165, 1.54) is 6.92 Å². The molecule has 0 rings (SSSR count). The Kier molecular flexibility index (Phi) is 2.41. The number of allylic oxidation sites excluding steroid dienone is 1. The number of hydrogen-bond donors (Lipinski definition) is 0. The molecule has 0 aromatic heterocycles. The second-order valence-electron chi connectivity index (χ2n) is 1.62. The quantitative estimate of drug-likeness (QED) is 0.567. The maximum absolute atomic E-state index is 10.6. The molecule has 4 heteroatoms. The molecule has 0 unspecified atom stereocenters. The molecule has 9 heavy (non-hydrogen) atoms. The minimum absolute atomic E-state index is 0.0454. The van der Waals surface area contributed by atoms with Gasteiger partial charge in [0.2, 0.25) is 0 Å². The first-order valence-electron chi connectivity index (χ1n) is 2.26. The van der Waals surface area contributed by atoms with Crippen molar-refractivity contribution in [1.82, 2.24) is 0 Å². The molecule has 0 aromatic rings. The van der Waals surface area contributed by atoms with Gasteiger partial charge in [-0.3, -0.25) is 0 Å². The molecule has 0 radical (unpaired) electrons. The van der Waals surface area contributed by atoms with Crippen molar-refractivity contribution in [2.75, 3.05) is 5.75 Å². The van der Waals surface area contributed by atoms with Gasteiger partial charge in [0.15, 0.2) is 9.84 Å². The summed E-state index contributed by atoms with van der Waals surface area (Å²) in [6.45, 7) is 4.57. The van der Waals surface area contributed by atoms with Crippen LogP contribution in [0, 0.1) is 11.3 Å². The zero-order valence-corrected chi connectivity index (χ0v) is 5.90. The normalized spacial score (nSPS) is 10.2. The van der Waals surface area contributed by atoms with Crippen LogP contribution in [0.2, 0.25) is 0 Å². The van der Waals surface area contributed by atoms with Gasteiger partial charge >= 0.3 is 0 Å². The summed E-state index contributed by atoms with van der Waals surface area (Å²) in [6, 6.07) is 1.54. The summed E-state index contributed by atoms with van der Waals surface area (Å²) in [5.74, 6) is -0.470. The summed E-state index contributed by atoms with van der Waals surface area (Å²) in [5.41, 5.74) is 0. The van der Waals surface area contributed by atoms with E-state index in [0.29, 0.717) is 0 Å². The van der Waals surface area contributed by atoms with Crippen LogP contribution in [-0.4, -0.2) is 14.2 Å². The summed E-state index contributed by atoms with van der Waals surface area (Å²) in [4.78, 5) is 0.0454. The molecule has 0 aromatic carbocycles. The van der Waals surface area contributed by atoms with Gasteiger partial charge in [-0.15, -0.1) is 0 Å². The van der Waals surface area contributed by atoms with Crippen LogP contribution in [0.5, 0.6) is 0 Å². The molecule has 0 aliphatic carbocycles. The second-order valence-corrected chi connectivity index (χ2v) is 3.83. The van der Waals surface area contributed by atoms with E-state index in [0.717, 1.165) is 0 Å². The van der Waals surface area contributed by atoms with Crippen molar-refractivity contribution in [2.45, 2.75) is 6.92 Å². The van der Waals surface area contributed by atoms with Crippen LogP contribution in [0.1, 0.15) is 6.92 Å². The maximum Gasteiger partial charge on any atom is 0.187 e. The van der Waals surface area contributed by atoms with Crippen LogP contribution in [0.4, 0.5) is 0 Å². The molecule has 0 spiro atoms. The first kappa shape index (κ1) is 8.18. The molecule has 0 aliphatic rings. The summed E-state index contributed by atoms with van der Waals surface area (Å²) in [7, 11) is -3.30. The maximum atomic E-state index is 10.6. The Balaban J connectivity index is 4.48. The van der Waals surface area contributed by atoms with Crippen LogP contribution >= 0.6 is 0 Å². The fourth-order valence-electron chi connectivity index (χ4n) is 0.208. The lowest BCUT2D eigenvalue weighted by Crippen LogP contribution is -2.03. The molecule has 0 heterocycles. The molecule has 0 bridgehead atoms. The Labute approximate surface area is 54.5 Å². The number of nitrogens with zero attached hydrogens (tertiary/aromatic N) is 1. The molecule has 0 saturated carbocycles. The highest BCUT2D eigenvalue weighted by molar-refractivity contribution is 7.95. The average molecular weight is 145 g/mol. The highest BCUT2D eigenvalue weighted by atomic mass is 32.2. The Bertz CT molecular complexity index is 245. The molecular formula is C5H7NO2S. The van der Waals surface area contributed by atoms with Crippen LogP contribution in [0.15, 0.2) is 11.5 Å². The molecule has 0 saturated heterocycles. The van der Waals surface area contributed by atoms with Crippen molar-refractivity contribution >= 4 is 9.84 Å². The van der Waals surface area contributed by atoms with Crippen LogP contribution in [0.25, 0.3) is 0 Å². The zero-order valence-electron chi connectivity index (χ0n) is 5.09. The van der Waals surface area contributed by atoms with E-state index < -0.39 is 15.6 Å². The van der Waals surface area contributed by atoms with Crippen molar-refractivity contribution in [3.8, 4) is 6.07 Å². The molecule has 50 valence electrons. The van der Waals surface area contributed by atoms with Gasteiger partial charge in [0, 0.05) is 4.91 Å². The van der Waals surface area contributed by atoms with Gasteiger partial charge in [0.1, 0.15) is 5.75 Å². The van der Waals surface area contributed by atoms with Gasteiger partial charge in [0.25, 0.3) is 0 Å². The number of rotatable bonds is 2. The monoisotopic (exact) mass is 145 g/mol. The smallest absolute Gasteiger partial charge is 0.187 e. The van der Waals surface area contributed by atoms with Crippen molar-refractivity contribution < 1.29 is 8.42 Å². The molecule has 0 aliphatic heterocycles. The van der Waals surface area contributed by atoms with Gasteiger partial charge < -0.3 is 0 Å². The van der Waals surface area contributed by atoms with Crippen molar-refractivity contribution in [1.29, 1.82) is 5.26 Å². The Morgan fingerprint density at radius 3 is 2.33 bits per heavy atom. The van der Waals surface area contributed by atoms with E-state index >= 15 is 0 Å². The van der Waals surface area contributed by atoms with E-state index in [2.05, 4.69) is 6.58 Å². The van der Waals surface area contributed by atoms with Gasteiger partial charge in [-0.05, 0) is 6.92 Å². The van der Waals surface area contributed by atoms with E-state index in [4.69, 9.17) is 5.26 Å². The fraction of sp³-hybridized carbons (Fsp3) is 0.400. The van der Waals surface area contributed by atoms with Gasteiger partial charge in [-0.2, -0.15) is 5.26 Å². The minimum atomic E-state index is -3.30. The van der Waals surface area contributed by atoms with E-state index in [1.54, 1.807) is 6.07 Å². The summed E-state index contributed by atoms with van der Waals surface area (Å²) < 4.78 is 21.2. The predicted molar refractivity (Wildman–Crippen MR) is 34.2 cm³/mol. The van der Waals surface area contributed by atoms with E-state index in [-0.39, 0.29) is 4.91 Å². The second kappa shape index (κ2) is 2.65. The topological polar surface area (TPSA) is 57.9 Å². The van der Waals surface area contributed by atoms with Gasteiger partial charge in [-0.25, -0.2) is 8.42 Å². The molecule has 0 fully saturated rings. The largest absolute Gasteiger partial charge is 0.223 e. The molecule has 0 atom stereocenters.